The van der Waals surface area contributed by atoms with Gasteiger partial charge in [0.15, 0.2) is 5.82 Å². The molecule has 2 heterocycles. The van der Waals surface area contributed by atoms with Crippen LogP contribution in [0.4, 0.5) is 5.82 Å². The van der Waals surface area contributed by atoms with E-state index in [1.807, 2.05) is 24.3 Å². The predicted molar refractivity (Wildman–Crippen MR) is 89.8 cm³/mol. The number of nitrogens with one attached hydrogen (secondary N) is 1. The van der Waals surface area contributed by atoms with Gasteiger partial charge in [0.2, 0.25) is 5.91 Å². The van der Waals surface area contributed by atoms with Gasteiger partial charge in [-0.2, -0.15) is 5.10 Å². The molecule has 0 aliphatic carbocycles. The lowest BCUT2D eigenvalue weighted by Crippen LogP contribution is -2.10. The van der Waals surface area contributed by atoms with Crippen molar-refractivity contribution in [1.29, 1.82) is 0 Å². The number of benzene rings is 1. The van der Waals surface area contributed by atoms with Gasteiger partial charge in [0, 0.05) is 24.5 Å². The molecule has 24 heavy (non-hydrogen) atoms. The summed E-state index contributed by atoms with van der Waals surface area (Å²) in [5.74, 6) is 1.46. The minimum Gasteiger partial charge on any atom is -0.497 e. The van der Waals surface area contributed by atoms with Crippen LogP contribution in [0.1, 0.15) is 5.56 Å². The molecular formula is C17H15N5O2. The number of nitrogens with zero attached hydrogens (tertiary/aromatic N) is 4. The fourth-order valence-electron chi connectivity index (χ4n) is 2.00. The van der Waals surface area contributed by atoms with Gasteiger partial charge in [-0.1, -0.05) is 12.1 Å². The number of anilines is 1. The quantitative estimate of drug-likeness (QED) is 0.729. The van der Waals surface area contributed by atoms with Crippen molar-refractivity contribution in [2.75, 3.05) is 12.4 Å². The van der Waals surface area contributed by atoms with Crippen molar-refractivity contribution in [1.82, 2.24) is 19.7 Å². The molecule has 7 nitrogen and oxygen atoms in total. The van der Waals surface area contributed by atoms with Crippen LogP contribution in [0, 0.1) is 0 Å². The third-order valence-corrected chi connectivity index (χ3v) is 3.19. The molecule has 1 N–H and O–H groups in total. The van der Waals surface area contributed by atoms with E-state index in [9.17, 15) is 4.79 Å². The lowest BCUT2D eigenvalue weighted by atomic mass is 10.2. The van der Waals surface area contributed by atoms with Gasteiger partial charge in [-0.15, -0.1) is 0 Å². The summed E-state index contributed by atoms with van der Waals surface area (Å²) in [5.41, 5.74) is 0.894. The Morgan fingerprint density at radius 3 is 2.79 bits per heavy atom. The zero-order chi connectivity index (χ0) is 16.8. The highest BCUT2D eigenvalue weighted by Crippen LogP contribution is 2.12. The van der Waals surface area contributed by atoms with Crippen molar-refractivity contribution in [2.45, 2.75) is 0 Å². The van der Waals surface area contributed by atoms with Crippen molar-refractivity contribution in [2.24, 2.45) is 0 Å². The summed E-state index contributed by atoms with van der Waals surface area (Å²) in [6.45, 7) is 0. The van der Waals surface area contributed by atoms with Gasteiger partial charge >= 0.3 is 0 Å². The fraction of sp³-hybridized carbons (Fsp3) is 0.0588. The van der Waals surface area contributed by atoms with Crippen LogP contribution in [0.25, 0.3) is 11.9 Å². The van der Waals surface area contributed by atoms with Gasteiger partial charge in [-0.3, -0.25) is 4.79 Å². The molecule has 7 heteroatoms. The zero-order valence-corrected chi connectivity index (χ0v) is 13.0. The fourth-order valence-corrected chi connectivity index (χ4v) is 2.00. The maximum Gasteiger partial charge on any atom is 0.249 e. The monoisotopic (exact) mass is 321 g/mol. The van der Waals surface area contributed by atoms with Crippen molar-refractivity contribution in [3.8, 4) is 11.6 Å². The van der Waals surface area contributed by atoms with Gasteiger partial charge in [0.25, 0.3) is 0 Å². The molecule has 0 aliphatic rings. The number of ether oxygens (including phenoxy) is 1. The molecule has 0 aliphatic heterocycles. The number of carbonyl (C=O) groups excluding carboxylic acids is 1. The van der Waals surface area contributed by atoms with E-state index in [2.05, 4.69) is 20.4 Å². The molecule has 0 atom stereocenters. The van der Waals surface area contributed by atoms with Gasteiger partial charge in [-0.25, -0.2) is 14.6 Å². The highest BCUT2D eigenvalue weighted by atomic mass is 16.5. The second-order valence-electron chi connectivity index (χ2n) is 4.81. The van der Waals surface area contributed by atoms with E-state index in [0.717, 1.165) is 11.3 Å². The molecule has 3 rings (SSSR count). The van der Waals surface area contributed by atoms with E-state index in [-0.39, 0.29) is 5.91 Å². The van der Waals surface area contributed by atoms with Crippen molar-refractivity contribution >= 4 is 17.8 Å². The van der Waals surface area contributed by atoms with Crippen molar-refractivity contribution in [3.05, 3.63) is 66.8 Å². The van der Waals surface area contributed by atoms with Crippen molar-refractivity contribution < 1.29 is 9.53 Å². The van der Waals surface area contributed by atoms with Gasteiger partial charge in [-0.05, 0) is 29.8 Å². The summed E-state index contributed by atoms with van der Waals surface area (Å²) in [7, 11) is 1.61. The first-order chi connectivity index (χ1) is 11.7. The minimum atomic E-state index is -0.282. The van der Waals surface area contributed by atoms with Crippen LogP contribution in [-0.4, -0.2) is 32.8 Å². The van der Waals surface area contributed by atoms with Crippen LogP contribution >= 0.6 is 0 Å². The third-order valence-electron chi connectivity index (χ3n) is 3.19. The molecule has 0 fully saturated rings. The number of hydrogen-bond acceptors (Lipinski definition) is 5. The number of hydrogen-bond donors (Lipinski definition) is 1. The molecule has 0 unspecified atom stereocenters. The lowest BCUT2D eigenvalue weighted by molar-refractivity contribution is -0.111. The summed E-state index contributed by atoms with van der Waals surface area (Å²) in [6, 6.07) is 10.8. The number of amides is 1. The molecular weight excluding hydrogens is 306 g/mol. The lowest BCUT2D eigenvalue weighted by Gasteiger charge is -2.04. The van der Waals surface area contributed by atoms with E-state index in [4.69, 9.17) is 4.74 Å². The second kappa shape index (κ2) is 7.19. The summed E-state index contributed by atoms with van der Waals surface area (Å²) >= 11 is 0. The first-order valence-corrected chi connectivity index (χ1v) is 7.20. The Morgan fingerprint density at radius 1 is 1.25 bits per heavy atom. The van der Waals surface area contributed by atoms with Crippen LogP contribution < -0.4 is 10.1 Å². The zero-order valence-electron chi connectivity index (χ0n) is 13.0. The molecule has 1 amide bonds. The van der Waals surface area contributed by atoms with Crippen LogP contribution in [-0.2, 0) is 4.79 Å². The Morgan fingerprint density at radius 2 is 2.08 bits per heavy atom. The van der Waals surface area contributed by atoms with Gasteiger partial charge < -0.3 is 10.1 Å². The molecule has 0 bridgehead atoms. The van der Waals surface area contributed by atoms with Crippen LogP contribution in [0.15, 0.2) is 61.2 Å². The first kappa shape index (κ1) is 15.4. The molecule has 2 aromatic heterocycles. The average Bonchev–Trinajstić information content (AvgIpc) is 3.15. The SMILES string of the molecule is COc1ccc(/C=C/C(=O)Nc2cc(-n3cccn3)ncn2)cc1. The van der Waals surface area contributed by atoms with Gasteiger partial charge in [0.05, 0.1) is 7.11 Å². The summed E-state index contributed by atoms with van der Waals surface area (Å²) < 4.78 is 6.68. The highest BCUT2D eigenvalue weighted by molar-refractivity contribution is 6.01. The normalized spacial score (nSPS) is 10.7. The van der Waals surface area contributed by atoms with E-state index >= 15 is 0 Å². The van der Waals surface area contributed by atoms with E-state index < -0.39 is 0 Å². The van der Waals surface area contributed by atoms with Crippen LogP contribution in [0.2, 0.25) is 0 Å². The topological polar surface area (TPSA) is 81.9 Å². The maximum absolute atomic E-state index is 12.0. The maximum atomic E-state index is 12.0. The minimum absolute atomic E-state index is 0.282. The smallest absolute Gasteiger partial charge is 0.249 e. The molecule has 0 radical (unpaired) electrons. The largest absolute Gasteiger partial charge is 0.497 e. The Hall–Kier alpha value is -3.48. The summed E-state index contributed by atoms with van der Waals surface area (Å²) in [5, 5.41) is 6.78. The third kappa shape index (κ3) is 3.83. The Balaban J connectivity index is 1.66. The second-order valence-corrected chi connectivity index (χ2v) is 4.81. The standard InChI is InChI=1S/C17H15N5O2/c1-24-14-6-3-13(4-7-14)5-8-17(23)21-15-11-16(19-12-18-15)22-10-2-9-20-22/h2-12H,1H3,(H,18,19,21,23)/b8-5+. The molecule has 0 saturated carbocycles. The van der Waals surface area contributed by atoms with E-state index in [1.54, 1.807) is 42.4 Å². The Bertz CT molecular complexity index is 842. The Labute approximate surface area is 138 Å². The number of aromatic nitrogens is 4. The first-order valence-electron chi connectivity index (χ1n) is 7.20. The van der Waals surface area contributed by atoms with Gasteiger partial charge in [0.1, 0.15) is 17.9 Å². The molecule has 1 aromatic carbocycles. The number of rotatable bonds is 5. The van der Waals surface area contributed by atoms with Crippen molar-refractivity contribution in [3.63, 3.8) is 0 Å². The number of carbonyl (C=O) groups is 1. The van der Waals surface area contributed by atoms with E-state index in [1.165, 1.54) is 12.4 Å². The Kier molecular flexibility index (Phi) is 4.62. The van der Waals surface area contributed by atoms with E-state index in [0.29, 0.717) is 11.6 Å². The molecule has 120 valence electrons. The van der Waals surface area contributed by atoms with Crippen LogP contribution in [0.3, 0.4) is 0 Å². The predicted octanol–water partition coefficient (Wildman–Crippen LogP) is 2.32. The summed E-state index contributed by atoms with van der Waals surface area (Å²) in [6.07, 6.45) is 7.94. The molecule has 0 saturated heterocycles. The number of methoxy groups -OCH3 is 1. The average molecular weight is 321 g/mol. The summed E-state index contributed by atoms with van der Waals surface area (Å²) in [4.78, 5) is 20.1. The van der Waals surface area contributed by atoms with Crippen LogP contribution in [0.5, 0.6) is 5.75 Å². The highest BCUT2D eigenvalue weighted by Gasteiger charge is 2.03. The molecule has 3 aromatic rings. The molecule has 0 spiro atoms.